The van der Waals surface area contributed by atoms with Crippen molar-refractivity contribution >= 4 is 22.3 Å². The number of rotatable bonds is 2. The highest BCUT2D eigenvalue weighted by Crippen LogP contribution is 2.25. The average molecular weight is 260 g/mol. The maximum Gasteiger partial charge on any atom is 0.335 e. The van der Waals surface area contributed by atoms with Crippen LogP contribution in [0.25, 0.3) is 15.5 Å². The average Bonchev–Trinajstić information content (AvgIpc) is 2.92. The molecule has 0 saturated carbocycles. The number of benzene rings is 1. The Kier molecular flexibility index (Phi) is 2.34. The molecule has 6 nitrogen and oxygen atoms in total. The van der Waals surface area contributed by atoms with E-state index in [-0.39, 0.29) is 5.56 Å². The molecule has 7 heteroatoms. The monoisotopic (exact) mass is 260 g/mol. The Morgan fingerprint density at radius 2 is 2.22 bits per heavy atom. The Labute approximate surface area is 106 Å². The lowest BCUT2D eigenvalue weighted by molar-refractivity contribution is 0.0697. The van der Waals surface area contributed by atoms with Crippen LogP contribution in [0.2, 0.25) is 0 Å². The van der Waals surface area contributed by atoms with Crippen LogP contribution in [0.1, 0.15) is 16.2 Å². The number of carboxylic acid groups (broad SMARTS) is 1. The predicted octanol–water partition coefficient (Wildman–Crippen LogP) is 1.86. The zero-order valence-corrected chi connectivity index (χ0v) is 10.2. The van der Waals surface area contributed by atoms with Gasteiger partial charge in [0, 0.05) is 5.56 Å². The minimum absolute atomic E-state index is 0.246. The van der Waals surface area contributed by atoms with E-state index in [1.165, 1.54) is 11.3 Å². The molecule has 3 rings (SSSR count). The normalized spacial score (nSPS) is 10.9. The van der Waals surface area contributed by atoms with E-state index in [2.05, 4.69) is 15.3 Å². The van der Waals surface area contributed by atoms with E-state index in [9.17, 15) is 4.79 Å². The summed E-state index contributed by atoms with van der Waals surface area (Å²) in [4.78, 5) is 11.6. The number of aromatic nitrogens is 4. The Bertz CT molecular complexity index is 746. The molecule has 2 aromatic heterocycles. The fourth-order valence-electron chi connectivity index (χ4n) is 1.62. The van der Waals surface area contributed by atoms with Gasteiger partial charge in [-0.3, -0.25) is 0 Å². The first-order chi connectivity index (χ1) is 8.65. The van der Waals surface area contributed by atoms with Crippen molar-refractivity contribution in [2.45, 2.75) is 6.92 Å². The largest absolute Gasteiger partial charge is 0.478 e. The van der Waals surface area contributed by atoms with E-state index >= 15 is 0 Å². The smallest absolute Gasteiger partial charge is 0.335 e. The van der Waals surface area contributed by atoms with Gasteiger partial charge in [-0.1, -0.05) is 23.5 Å². The molecular formula is C11H8N4O2S. The van der Waals surface area contributed by atoms with Crippen LogP contribution in [0.15, 0.2) is 24.3 Å². The molecule has 0 aliphatic heterocycles. The van der Waals surface area contributed by atoms with Crippen molar-refractivity contribution < 1.29 is 9.90 Å². The minimum atomic E-state index is -0.948. The lowest BCUT2D eigenvalue weighted by Gasteiger charge is -1.97. The van der Waals surface area contributed by atoms with Crippen molar-refractivity contribution in [2.75, 3.05) is 0 Å². The van der Waals surface area contributed by atoms with E-state index < -0.39 is 5.97 Å². The van der Waals surface area contributed by atoms with Gasteiger partial charge in [-0.05, 0) is 19.1 Å². The Balaban J connectivity index is 2.13. The van der Waals surface area contributed by atoms with Crippen LogP contribution in [0.5, 0.6) is 0 Å². The fourth-order valence-corrected chi connectivity index (χ4v) is 2.50. The molecule has 0 bridgehead atoms. The molecule has 0 unspecified atom stereocenters. The standard InChI is InChI=1S/C11H8N4O2S/c1-6-12-13-11-15(6)14-9(18-11)7-3-2-4-8(5-7)10(16)17/h2-5H,1H3,(H,16,17). The molecule has 1 aromatic carbocycles. The second-order valence-electron chi connectivity index (χ2n) is 3.73. The first-order valence-electron chi connectivity index (χ1n) is 5.18. The van der Waals surface area contributed by atoms with E-state index in [1.54, 1.807) is 22.7 Å². The zero-order valence-electron chi connectivity index (χ0n) is 9.36. The molecule has 0 saturated heterocycles. The minimum Gasteiger partial charge on any atom is -0.478 e. The van der Waals surface area contributed by atoms with Gasteiger partial charge in [-0.2, -0.15) is 9.61 Å². The van der Waals surface area contributed by atoms with Crippen LogP contribution in [0.4, 0.5) is 0 Å². The predicted molar refractivity (Wildman–Crippen MR) is 65.8 cm³/mol. The van der Waals surface area contributed by atoms with Crippen molar-refractivity contribution in [2.24, 2.45) is 0 Å². The molecular weight excluding hydrogens is 252 g/mol. The molecule has 2 heterocycles. The van der Waals surface area contributed by atoms with Crippen LogP contribution < -0.4 is 0 Å². The number of carbonyl (C=O) groups is 1. The summed E-state index contributed by atoms with van der Waals surface area (Å²) in [5, 5.41) is 21.9. The highest BCUT2D eigenvalue weighted by molar-refractivity contribution is 7.19. The van der Waals surface area contributed by atoms with Gasteiger partial charge >= 0.3 is 5.97 Å². The SMILES string of the molecule is Cc1nnc2sc(-c3cccc(C(=O)O)c3)nn12. The second-order valence-corrected chi connectivity index (χ2v) is 4.69. The van der Waals surface area contributed by atoms with Crippen molar-refractivity contribution in [1.29, 1.82) is 0 Å². The summed E-state index contributed by atoms with van der Waals surface area (Å²) in [7, 11) is 0. The Morgan fingerprint density at radius 3 is 2.94 bits per heavy atom. The maximum absolute atomic E-state index is 10.9. The molecule has 0 radical (unpaired) electrons. The van der Waals surface area contributed by atoms with Gasteiger partial charge in [-0.25, -0.2) is 4.79 Å². The number of nitrogens with zero attached hydrogens (tertiary/aromatic N) is 4. The lowest BCUT2D eigenvalue weighted by Crippen LogP contribution is -1.96. The van der Waals surface area contributed by atoms with E-state index in [0.29, 0.717) is 10.8 Å². The fraction of sp³-hybridized carbons (Fsp3) is 0.0909. The molecule has 0 spiro atoms. The van der Waals surface area contributed by atoms with Crippen LogP contribution in [-0.2, 0) is 0 Å². The number of carboxylic acids is 1. The van der Waals surface area contributed by atoms with Crippen LogP contribution >= 0.6 is 11.3 Å². The van der Waals surface area contributed by atoms with Crippen LogP contribution in [0, 0.1) is 6.92 Å². The molecule has 0 amide bonds. The molecule has 0 aliphatic rings. The summed E-state index contributed by atoms with van der Waals surface area (Å²) in [6.45, 7) is 1.82. The Hall–Kier alpha value is -2.28. The van der Waals surface area contributed by atoms with E-state index in [4.69, 9.17) is 5.11 Å². The van der Waals surface area contributed by atoms with Gasteiger partial charge in [-0.15, -0.1) is 10.2 Å². The van der Waals surface area contributed by atoms with Gasteiger partial charge in [0.05, 0.1) is 5.56 Å². The third-order valence-corrected chi connectivity index (χ3v) is 3.45. The number of fused-ring (bicyclic) bond motifs is 1. The number of hydrogen-bond acceptors (Lipinski definition) is 5. The summed E-state index contributed by atoms with van der Waals surface area (Å²) >= 11 is 1.38. The van der Waals surface area contributed by atoms with Gasteiger partial charge in [0.2, 0.25) is 4.96 Å². The summed E-state index contributed by atoms with van der Waals surface area (Å²) in [5.41, 5.74) is 1.01. The quantitative estimate of drug-likeness (QED) is 0.760. The van der Waals surface area contributed by atoms with Gasteiger partial charge < -0.3 is 5.11 Å². The van der Waals surface area contributed by atoms with Gasteiger partial charge in [0.1, 0.15) is 5.01 Å². The molecule has 18 heavy (non-hydrogen) atoms. The first kappa shape index (κ1) is 10.8. The molecule has 0 aliphatic carbocycles. The van der Waals surface area contributed by atoms with Gasteiger partial charge in [0.15, 0.2) is 5.82 Å². The van der Waals surface area contributed by atoms with Crippen molar-refractivity contribution in [3.8, 4) is 10.6 Å². The third-order valence-electron chi connectivity index (χ3n) is 2.50. The third kappa shape index (κ3) is 1.65. The zero-order chi connectivity index (χ0) is 12.7. The summed E-state index contributed by atoms with van der Waals surface area (Å²) in [6.07, 6.45) is 0. The van der Waals surface area contributed by atoms with Crippen molar-refractivity contribution in [3.63, 3.8) is 0 Å². The maximum atomic E-state index is 10.9. The van der Waals surface area contributed by atoms with Crippen molar-refractivity contribution in [3.05, 3.63) is 35.7 Å². The first-order valence-corrected chi connectivity index (χ1v) is 5.99. The highest BCUT2D eigenvalue weighted by atomic mass is 32.1. The summed E-state index contributed by atoms with van der Waals surface area (Å²) in [6, 6.07) is 6.68. The Morgan fingerprint density at radius 1 is 1.39 bits per heavy atom. The second kappa shape index (κ2) is 3.88. The molecule has 0 fully saturated rings. The van der Waals surface area contributed by atoms with Crippen LogP contribution in [-0.4, -0.2) is 30.9 Å². The lowest BCUT2D eigenvalue weighted by atomic mass is 10.1. The summed E-state index contributed by atoms with van der Waals surface area (Å²) < 4.78 is 1.65. The molecule has 3 aromatic rings. The van der Waals surface area contributed by atoms with E-state index in [0.717, 1.165) is 10.6 Å². The van der Waals surface area contributed by atoms with Crippen LogP contribution in [0.3, 0.4) is 0 Å². The van der Waals surface area contributed by atoms with Crippen molar-refractivity contribution in [1.82, 2.24) is 19.8 Å². The number of aryl methyl sites for hydroxylation is 1. The summed E-state index contributed by atoms with van der Waals surface area (Å²) in [5.74, 6) is -0.238. The number of hydrogen-bond donors (Lipinski definition) is 1. The molecule has 0 atom stereocenters. The number of aromatic carboxylic acids is 1. The van der Waals surface area contributed by atoms with Gasteiger partial charge in [0.25, 0.3) is 0 Å². The topological polar surface area (TPSA) is 80.4 Å². The highest BCUT2D eigenvalue weighted by Gasteiger charge is 2.11. The molecule has 1 N–H and O–H groups in total. The molecule has 90 valence electrons. The van der Waals surface area contributed by atoms with E-state index in [1.807, 2.05) is 13.0 Å².